The normalized spacial score (nSPS) is 9.60. The third-order valence-electron chi connectivity index (χ3n) is 2.01. The summed E-state index contributed by atoms with van der Waals surface area (Å²) in [5.74, 6) is 0. The zero-order chi connectivity index (χ0) is 10.7. The highest BCUT2D eigenvalue weighted by Crippen LogP contribution is 2.25. The lowest BCUT2D eigenvalue weighted by Gasteiger charge is -2.02. The number of hydrogen-bond acceptors (Lipinski definition) is 2. The van der Waals surface area contributed by atoms with E-state index in [-0.39, 0.29) is 0 Å². The molecule has 1 aromatic carbocycles. The van der Waals surface area contributed by atoms with E-state index in [1.54, 1.807) is 12.1 Å². The van der Waals surface area contributed by atoms with Gasteiger partial charge in [-0.15, -0.1) is 0 Å². The molecule has 0 spiro atoms. The van der Waals surface area contributed by atoms with Crippen LogP contribution in [0.4, 0.5) is 0 Å². The molecule has 0 aliphatic heterocycles. The van der Waals surface area contributed by atoms with Gasteiger partial charge in [-0.05, 0) is 12.1 Å². The molecule has 0 N–H and O–H groups in total. The van der Waals surface area contributed by atoms with Crippen LogP contribution in [0.2, 0.25) is 5.02 Å². The van der Waals surface area contributed by atoms with Gasteiger partial charge in [0.15, 0.2) is 0 Å². The highest BCUT2D eigenvalue weighted by Gasteiger charge is 2.05. The average Bonchev–Trinajstić information content (AvgIpc) is 2.31. The molecule has 0 saturated carbocycles. The second-order valence-electron chi connectivity index (χ2n) is 3.00. The molecular formula is C12H7ClN2. The minimum absolute atomic E-state index is 0.373. The van der Waals surface area contributed by atoms with E-state index >= 15 is 0 Å². The summed E-state index contributed by atoms with van der Waals surface area (Å²) in [4.78, 5) is 4.17. The van der Waals surface area contributed by atoms with E-state index in [2.05, 4.69) is 4.98 Å². The Morgan fingerprint density at radius 3 is 2.47 bits per heavy atom. The maximum absolute atomic E-state index is 8.74. The van der Waals surface area contributed by atoms with Gasteiger partial charge in [0.1, 0.15) is 11.8 Å². The number of benzene rings is 1. The van der Waals surface area contributed by atoms with Crippen LogP contribution in [-0.2, 0) is 0 Å². The first-order valence-corrected chi connectivity index (χ1v) is 4.81. The largest absolute Gasteiger partial charge is 0.236 e. The number of rotatable bonds is 1. The number of halogens is 1. The molecule has 1 heterocycles. The van der Waals surface area contributed by atoms with Gasteiger partial charge in [0.05, 0.1) is 10.7 Å². The number of hydrogen-bond donors (Lipinski definition) is 0. The Morgan fingerprint density at radius 2 is 1.80 bits per heavy atom. The fraction of sp³-hybridized carbons (Fsp3) is 0. The molecule has 0 bridgehead atoms. The van der Waals surface area contributed by atoms with Crippen LogP contribution in [0.1, 0.15) is 5.69 Å². The summed E-state index contributed by atoms with van der Waals surface area (Å²) in [6.45, 7) is 0. The molecule has 0 saturated heterocycles. The highest BCUT2D eigenvalue weighted by atomic mass is 35.5. The van der Waals surface area contributed by atoms with Crippen molar-refractivity contribution in [3.05, 3.63) is 53.2 Å². The van der Waals surface area contributed by atoms with Crippen LogP contribution in [0.15, 0.2) is 42.5 Å². The predicted octanol–water partition coefficient (Wildman–Crippen LogP) is 3.27. The molecule has 2 nitrogen and oxygen atoms in total. The zero-order valence-electron chi connectivity index (χ0n) is 7.81. The highest BCUT2D eigenvalue weighted by molar-refractivity contribution is 6.33. The monoisotopic (exact) mass is 214 g/mol. The lowest BCUT2D eigenvalue weighted by molar-refractivity contribution is 1.27. The van der Waals surface area contributed by atoms with Crippen LogP contribution >= 0.6 is 11.6 Å². The molecule has 2 rings (SSSR count). The second-order valence-corrected chi connectivity index (χ2v) is 3.41. The molecule has 72 valence electrons. The molecule has 1 aromatic heterocycles. The van der Waals surface area contributed by atoms with Crippen LogP contribution in [0.25, 0.3) is 11.3 Å². The van der Waals surface area contributed by atoms with Crippen LogP contribution in [0.5, 0.6) is 0 Å². The summed E-state index contributed by atoms with van der Waals surface area (Å²) in [5, 5.41) is 9.30. The van der Waals surface area contributed by atoms with Gasteiger partial charge in [0, 0.05) is 5.56 Å². The number of nitrogens with zero attached hydrogens (tertiary/aromatic N) is 2. The van der Waals surface area contributed by atoms with E-state index in [9.17, 15) is 0 Å². The van der Waals surface area contributed by atoms with Crippen LogP contribution in [0.3, 0.4) is 0 Å². The van der Waals surface area contributed by atoms with E-state index in [1.165, 1.54) is 0 Å². The number of pyridine rings is 1. The standard InChI is InChI=1S/C12H7ClN2/c13-11-7-6-10(8-14)15-12(11)9-4-2-1-3-5-9/h1-7H. The first-order chi connectivity index (χ1) is 7.31. The van der Waals surface area contributed by atoms with Crippen molar-refractivity contribution in [3.8, 4) is 17.3 Å². The Labute approximate surface area is 92.8 Å². The van der Waals surface area contributed by atoms with Gasteiger partial charge in [-0.2, -0.15) is 5.26 Å². The zero-order valence-corrected chi connectivity index (χ0v) is 8.57. The molecule has 0 radical (unpaired) electrons. The van der Waals surface area contributed by atoms with Crippen molar-refractivity contribution in [3.63, 3.8) is 0 Å². The van der Waals surface area contributed by atoms with Crippen molar-refractivity contribution < 1.29 is 0 Å². The SMILES string of the molecule is N#Cc1ccc(Cl)c(-c2ccccc2)n1. The molecule has 0 atom stereocenters. The van der Waals surface area contributed by atoms with Crippen LogP contribution in [0, 0.1) is 11.3 Å². The number of aromatic nitrogens is 1. The predicted molar refractivity (Wildman–Crippen MR) is 59.4 cm³/mol. The second kappa shape index (κ2) is 4.12. The molecule has 0 fully saturated rings. The van der Waals surface area contributed by atoms with Gasteiger partial charge in [0.25, 0.3) is 0 Å². The summed E-state index contributed by atoms with van der Waals surface area (Å²) in [5.41, 5.74) is 1.94. The molecular weight excluding hydrogens is 208 g/mol. The van der Waals surface area contributed by atoms with Gasteiger partial charge in [-0.1, -0.05) is 41.9 Å². The van der Waals surface area contributed by atoms with Crippen molar-refractivity contribution in [2.24, 2.45) is 0 Å². The van der Waals surface area contributed by atoms with Gasteiger partial charge >= 0.3 is 0 Å². The fourth-order valence-corrected chi connectivity index (χ4v) is 1.52. The Balaban J connectivity index is 2.58. The Hall–Kier alpha value is -1.85. The van der Waals surface area contributed by atoms with Gasteiger partial charge < -0.3 is 0 Å². The summed E-state index contributed by atoms with van der Waals surface area (Å²) in [6, 6.07) is 14.9. The minimum Gasteiger partial charge on any atom is -0.236 e. The van der Waals surface area contributed by atoms with Gasteiger partial charge in [-0.25, -0.2) is 4.98 Å². The van der Waals surface area contributed by atoms with E-state index in [0.717, 1.165) is 5.56 Å². The maximum atomic E-state index is 8.74. The molecule has 3 heteroatoms. The molecule has 0 unspecified atom stereocenters. The third-order valence-corrected chi connectivity index (χ3v) is 2.31. The smallest absolute Gasteiger partial charge is 0.141 e. The van der Waals surface area contributed by atoms with E-state index in [4.69, 9.17) is 16.9 Å². The van der Waals surface area contributed by atoms with Crippen molar-refractivity contribution >= 4 is 11.6 Å². The Bertz CT molecular complexity index is 515. The average molecular weight is 215 g/mol. The molecule has 15 heavy (non-hydrogen) atoms. The maximum Gasteiger partial charge on any atom is 0.141 e. The summed E-state index contributed by atoms with van der Waals surface area (Å²) in [6.07, 6.45) is 0. The van der Waals surface area contributed by atoms with Crippen molar-refractivity contribution in [1.82, 2.24) is 4.98 Å². The minimum atomic E-state index is 0.373. The Kier molecular flexibility index (Phi) is 2.66. The van der Waals surface area contributed by atoms with Crippen molar-refractivity contribution in [1.29, 1.82) is 5.26 Å². The lowest BCUT2D eigenvalue weighted by atomic mass is 10.1. The van der Waals surface area contributed by atoms with Gasteiger partial charge in [-0.3, -0.25) is 0 Å². The summed E-state index contributed by atoms with van der Waals surface area (Å²) in [7, 11) is 0. The first kappa shape index (κ1) is 9.70. The molecule has 0 aliphatic carbocycles. The third kappa shape index (κ3) is 1.98. The first-order valence-electron chi connectivity index (χ1n) is 4.43. The molecule has 2 aromatic rings. The van der Waals surface area contributed by atoms with E-state index < -0.39 is 0 Å². The van der Waals surface area contributed by atoms with Crippen LogP contribution < -0.4 is 0 Å². The van der Waals surface area contributed by atoms with Crippen molar-refractivity contribution in [2.45, 2.75) is 0 Å². The van der Waals surface area contributed by atoms with E-state index in [1.807, 2.05) is 36.4 Å². The van der Waals surface area contributed by atoms with Gasteiger partial charge in [0.2, 0.25) is 0 Å². The van der Waals surface area contributed by atoms with E-state index in [0.29, 0.717) is 16.4 Å². The lowest BCUT2D eigenvalue weighted by Crippen LogP contribution is -1.88. The summed E-state index contributed by atoms with van der Waals surface area (Å²) >= 11 is 6.02. The topological polar surface area (TPSA) is 36.7 Å². The Morgan fingerprint density at radius 1 is 1.07 bits per heavy atom. The quantitative estimate of drug-likeness (QED) is 0.731. The molecule has 0 amide bonds. The summed E-state index contributed by atoms with van der Waals surface area (Å²) < 4.78 is 0. The fourth-order valence-electron chi connectivity index (χ4n) is 1.30. The molecule has 0 aliphatic rings. The number of nitriles is 1. The van der Waals surface area contributed by atoms with Crippen LogP contribution in [-0.4, -0.2) is 4.98 Å². The van der Waals surface area contributed by atoms with Crippen molar-refractivity contribution in [2.75, 3.05) is 0 Å².